The van der Waals surface area contributed by atoms with E-state index < -0.39 is 21.7 Å². The van der Waals surface area contributed by atoms with Crippen molar-refractivity contribution in [1.82, 2.24) is 4.72 Å². The van der Waals surface area contributed by atoms with Crippen LogP contribution in [0.3, 0.4) is 0 Å². The fraction of sp³-hybridized carbons (Fsp3) is 0.0714. The van der Waals surface area contributed by atoms with Gasteiger partial charge in [-0.15, -0.1) is 0 Å². The number of benzene rings is 2. The number of halogens is 1. The lowest BCUT2D eigenvalue weighted by molar-refractivity contribution is 0.0981. The van der Waals surface area contributed by atoms with Gasteiger partial charge in [0.25, 0.3) is 15.9 Å². The van der Waals surface area contributed by atoms with E-state index in [-0.39, 0.29) is 10.5 Å². The minimum Gasteiger partial charge on any atom is -0.268 e. The van der Waals surface area contributed by atoms with E-state index in [4.69, 9.17) is 0 Å². The van der Waals surface area contributed by atoms with Crippen LogP contribution in [0, 0.1) is 12.7 Å². The van der Waals surface area contributed by atoms with Gasteiger partial charge in [-0.1, -0.05) is 18.2 Å². The van der Waals surface area contributed by atoms with Gasteiger partial charge < -0.3 is 0 Å². The van der Waals surface area contributed by atoms with E-state index in [0.29, 0.717) is 5.56 Å². The van der Waals surface area contributed by atoms with Gasteiger partial charge in [0.2, 0.25) is 0 Å². The first-order chi connectivity index (χ1) is 9.40. The van der Waals surface area contributed by atoms with Gasteiger partial charge in [-0.3, -0.25) is 4.79 Å². The van der Waals surface area contributed by atoms with Crippen molar-refractivity contribution in [2.24, 2.45) is 0 Å². The summed E-state index contributed by atoms with van der Waals surface area (Å²) in [6, 6.07) is 11.0. The number of aryl methyl sites for hydroxylation is 1. The minimum atomic E-state index is -3.94. The molecule has 0 aromatic heterocycles. The second-order valence-electron chi connectivity index (χ2n) is 4.21. The fourth-order valence-corrected chi connectivity index (χ4v) is 2.92. The Hall–Kier alpha value is -2.21. The van der Waals surface area contributed by atoms with E-state index in [1.807, 2.05) is 4.72 Å². The molecule has 2 aromatic carbocycles. The van der Waals surface area contributed by atoms with Crippen molar-refractivity contribution in [3.63, 3.8) is 0 Å². The molecule has 20 heavy (non-hydrogen) atoms. The minimum absolute atomic E-state index is 0.0375. The van der Waals surface area contributed by atoms with Crippen LogP contribution in [0.25, 0.3) is 0 Å². The Kier molecular flexibility index (Phi) is 3.85. The average molecular weight is 293 g/mol. The SMILES string of the molecule is Cc1ccccc1S(=O)(=O)NC(=O)c1ccc(F)cc1. The third kappa shape index (κ3) is 3.03. The average Bonchev–Trinajstić information content (AvgIpc) is 2.39. The molecule has 0 spiro atoms. The topological polar surface area (TPSA) is 63.2 Å². The molecule has 0 radical (unpaired) electrons. The molecular weight excluding hydrogens is 281 g/mol. The maximum absolute atomic E-state index is 12.8. The number of amides is 1. The predicted octanol–water partition coefficient (Wildman–Crippen LogP) is 2.25. The zero-order chi connectivity index (χ0) is 14.8. The highest BCUT2D eigenvalue weighted by molar-refractivity contribution is 7.90. The number of hydrogen-bond donors (Lipinski definition) is 1. The molecule has 2 aromatic rings. The number of rotatable bonds is 3. The molecule has 6 heteroatoms. The van der Waals surface area contributed by atoms with E-state index in [2.05, 4.69) is 0 Å². The van der Waals surface area contributed by atoms with Gasteiger partial charge in [-0.05, 0) is 42.8 Å². The van der Waals surface area contributed by atoms with E-state index in [1.54, 1.807) is 25.1 Å². The number of carbonyl (C=O) groups excluding carboxylic acids is 1. The van der Waals surface area contributed by atoms with Gasteiger partial charge in [0.05, 0.1) is 4.90 Å². The molecule has 1 amide bonds. The summed E-state index contributed by atoms with van der Waals surface area (Å²) < 4.78 is 38.9. The summed E-state index contributed by atoms with van der Waals surface area (Å²) in [6.45, 7) is 1.64. The molecule has 0 aliphatic heterocycles. The van der Waals surface area contributed by atoms with Crippen LogP contribution in [0.1, 0.15) is 15.9 Å². The van der Waals surface area contributed by atoms with E-state index >= 15 is 0 Å². The van der Waals surface area contributed by atoms with Crippen LogP contribution < -0.4 is 4.72 Å². The van der Waals surface area contributed by atoms with Crippen molar-refractivity contribution in [1.29, 1.82) is 0 Å². The molecular formula is C14H12FNO3S. The first kappa shape index (κ1) is 14.2. The van der Waals surface area contributed by atoms with Crippen molar-refractivity contribution < 1.29 is 17.6 Å². The number of hydrogen-bond acceptors (Lipinski definition) is 3. The summed E-state index contributed by atoms with van der Waals surface area (Å²) in [5.41, 5.74) is 0.607. The van der Waals surface area contributed by atoms with Crippen LogP contribution in [-0.2, 0) is 10.0 Å². The first-order valence-electron chi connectivity index (χ1n) is 5.78. The van der Waals surface area contributed by atoms with Crippen LogP contribution in [0.4, 0.5) is 4.39 Å². The summed E-state index contributed by atoms with van der Waals surface area (Å²) in [6.07, 6.45) is 0. The Labute approximate surface area is 116 Å². The van der Waals surface area contributed by atoms with Gasteiger partial charge in [-0.2, -0.15) is 0 Å². The van der Waals surface area contributed by atoms with Crippen LogP contribution in [-0.4, -0.2) is 14.3 Å². The second kappa shape index (κ2) is 5.42. The lowest BCUT2D eigenvalue weighted by Crippen LogP contribution is -2.31. The van der Waals surface area contributed by atoms with Crippen molar-refractivity contribution in [3.8, 4) is 0 Å². The number of carbonyl (C=O) groups is 1. The summed E-state index contributed by atoms with van der Waals surface area (Å²) in [5, 5.41) is 0. The third-order valence-corrected chi connectivity index (χ3v) is 4.21. The molecule has 104 valence electrons. The smallest absolute Gasteiger partial charge is 0.265 e. The lowest BCUT2D eigenvalue weighted by Gasteiger charge is -2.09. The van der Waals surface area contributed by atoms with Gasteiger partial charge in [0, 0.05) is 5.56 Å². The maximum atomic E-state index is 12.8. The molecule has 0 aliphatic rings. The zero-order valence-electron chi connectivity index (χ0n) is 10.6. The van der Waals surface area contributed by atoms with Crippen molar-refractivity contribution in [2.45, 2.75) is 11.8 Å². The standard InChI is InChI=1S/C14H12FNO3S/c1-10-4-2-3-5-13(10)20(18,19)16-14(17)11-6-8-12(15)9-7-11/h2-9H,1H3,(H,16,17). The molecule has 2 rings (SSSR count). The van der Waals surface area contributed by atoms with Crippen LogP contribution in [0.15, 0.2) is 53.4 Å². The number of nitrogens with one attached hydrogen (secondary N) is 1. The van der Waals surface area contributed by atoms with Gasteiger partial charge in [0.1, 0.15) is 5.82 Å². The van der Waals surface area contributed by atoms with Gasteiger partial charge >= 0.3 is 0 Å². The number of sulfonamides is 1. The summed E-state index contributed by atoms with van der Waals surface area (Å²) in [4.78, 5) is 11.9. The molecule has 0 atom stereocenters. The predicted molar refractivity (Wildman–Crippen MR) is 72.2 cm³/mol. The van der Waals surface area contributed by atoms with Gasteiger partial charge in [0.15, 0.2) is 0 Å². The Morgan fingerprint density at radius 2 is 1.65 bits per heavy atom. The molecule has 0 saturated carbocycles. The molecule has 0 fully saturated rings. The summed E-state index contributed by atoms with van der Waals surface area (Å²) in [7, 11) is -3.94. The van der Waals surface area contributed by atoms with Crippen LogP contribution >= 0.6 is 0 Å². The Balaban J connectivity index is 2.27. The third-order valence-electron chi connectivity index (χ3n) is 2.72. The molecule has 0 heterocycles. The molecule has 0 aliphatic carbocycles. The summed E-state index contributed by atoms with van der Waals surface area (Å²) >= 11 is 0. The van der Waals surface area contributed by atoms with Crippen molar-refractivity contribution in [2.75, 3.05) is 0 Å². The highest BCUT2D eigenvalue weighted by atomic mass is 32.2. The van der Waals surface area contributed by atoms with E-state index in [0.717, 1.165) is 12.1 Å². The molecule has 4 nitrogen and oxygen atoms in total. The molecule has 0 unspecified atom stereocenters. The monoisotopic (exact) mass is 293 g/mol. The Morgan fingerprint density at radius 3 is 2.25 bits per heavy atom. The normalized spacial score (nSPS) is 11.1. The Morgan fingerprint density at radius 1 is 1.05 bits per heavy atom. The zero-order valence-corrected chi connectivity index (χ0v) is 11.4. The molecule has 0 bridgehead atoms. The van der Waals surface area contributed by atoms with Crippen LogP contribution in [0.5, 0.6) is 0 Å². The van der Waals surface area contributed by atoms with Crippen molar-refractivity contribution >= 4 is 15.9 Å². The Bertz CT molecular complexity index is 739. The highest BCUT2D eigenvalue weighted by Crippen LogP contribution is 2.14. The van der Waals surface area contributed by atoms with E-state index in [1.165, 1.54) is 18.2 Å². The van der Waals surface area contributed by atoms with E-state index in [9.17, 15) is 17.6 Å². The lowest BCUT2D eigenvalue weighted by atomic mass is 10.2. The quantitative estimate of drug-likeness (QED) is 0.944. The maximum Gasteiger partial charge on any atom is 0.265 e. The van der Waals surface area contributed by atoms with Crippen molar-refractivity contribution in [3.05, 3.63) is 65.5 Å². The largest absolute Gasteiger partial charge is 0.268 e. The fourth-order valence-electron chi connectivity index (χ4n) is 1.70. The highest BCUT2D eigenvalue weighted by Gasteiger charge is 2.20. The second-order valence-corrected chi connectivity index (χ2v) is 5.86. The van der Waals surface area contributed by atoms with Gasteiger partial charge in [-0.25, -0.2) is 17.5 Å². The first-order valence-corrected chi connectivity index (χ1v) is 7.27. The molecule has 0 saturated heterocycles. The van der Waals surface area contributed by atoms with Crippen LogP contribution in [0.2, 0.25) is 0 Å². The summed E-state index contributed by atoms with van der Waals surface area (Å²) in [5.74, 6) is -1.29. The molecule has 1 N–H and O–H groups in total.